The van der Waals surface area contributed by atoms with Crippen LogP contribution in [0.2, 0.25) is 0 Å². The van der Waals surface area contributed by atoms with E-state index in [9.17, 15) is 5.11 Å². The van der Waals surface area contributed by atoms with E-state index in [0.717, 1.165) is 38.4 Å². The summed E-state index contributed by atoms with van der Waals surface area (Å²) in [6.07, 6.45) is 0. The molecule has 0 aliphatic heterocycles. The van der Waals surface area contributed by atoms with E-state index in [4.69, 9.17) is 9.47 Å². The summed E-state index contributed by atoms with van der Waals surface area (Å²) in [5.74, 6) is 1.80. The summed E-state index contributed by atoms with van der Waals surface area (Å²) >= 11 is 0. The molecule has 0 unspecified atom stereocenters. The third-order valence-electron chi connectivity index (χ3n) is 5.12. The minimum absolute atomic E-state index is 0.243. The van der Waals surface area contributed by atoms with Crippen LogP contribution >= 0.6 is 0 Å². The second-order valence-corrected chi connectivity index (χ2v) is 6.24. The van der Waals surface area contributed by atoms with Crippen molar-refractivity contribution in [1.82, 2.24) is 0 Å². The molecule has 1 aliphatic rings. The van der Waals surface area contributed by atoms with Crippen molar-refractivity contribution in [3.63, 3.8) is 0 Å². The third-order valence-corrected chi connectivity index (χ3v) is 5.12. The van der Waals surface area contributed by atoms with Gasteiger partial charge in [-0.25, -0.2) is 0 Å². The Labute approximate surface area is 145 Å². The van der Waals surface area contributed by atoms with Gasteiger partial charge >= 0.3 is 0 Å². The standard InChI is InChI=1S/C22H16O3/c1-24-18-5-3-4-13-12(18)6-7-14-15-8-10-17(23)22-19(25-2)11-9-16(20(13)14)21(15)22/h3-11,23H,1-2H3. The number of hydrogen-bond donors (Lipinski definition) is 1. The smallest absolute Gasteiger partial charge is 0.130 e. The highest BCUT2D eigenvalue weighted by atomic mass is 16.5. The molecule has 5 rings (SSSR count). The maximum absolute atomic E-state index is 10.4. The van der Waals surface area contributed by atoms with Crippen LogP contribution in [0.4, 0.5) is 0 Å². The van der Waals surface area contributed by atoms with Crippen LogP contribution < -0.4 is 9.47 Å². The predicted molar refractivity (Wildman–Crippen MR) is 101 cm³/mol. The molecular formula is C22H16O3. The van der Waals surface area contributed by atoms with Gasteiger partial charge in [0.25, 0.3) is 0 Å². The fourth-order valence-electron chi connectivity index (χ4n) is 4.07. The Morgan fingerprint density at radius 3 is 2.20 bits per heavy atom. The molecule has 3 nitrogen and oxygen atoms in total. The monoisotopic (exact) mass is 328 g/mol. The summed E-state index contributed by atoms with van der Waals surface area (Å²) < 4.78 is 11.0. The van der Waals surface area contributed by atoms with Crippen molar-refractivity contribution in [3.8, 4) is 39.5 Å². The molecule has 0 spiro atoms. The summed E-state index contributed by atoms with van der Waals surface area (Å²) in [4.78, 5) is 0. The molecular weight excluding hydrogens is 312 g/mol. The molecule has 122 valence electrons. The van der Waals surface area contributed by atoms with Crippen LogP contribution in [0.1, 0.15) is 0 Å². The number of phenolic OH excluding ortho intramolecular Hbond substituents is 1. The number of methoxy groups -OCH3 is 2. The highest BCUT2D eigenvalue weighted by Gasteiger charge is 2.26. The molecule has 25 heavy (non-hydrogen) atoms. The van der Waals surface area contributed by atoms with E-state index in [1.54, 1.807) is 20.3 Å². The number of rotatable bonds is 2. The Morgan fingerprint density at radius 1 is 0.640 bits per heavy atom. The van der Waals surface area contributed by atoms with Crippen LogP contribution in [0.25, 0.3) is 43.8 Å². The Morgan fingerprint density at radius 2 is 1.40 bits per heavy atom. The van der Waals surface area contributed by atoms with Gasteiger partial charge in [0.1, 0.15) is 17.2 Å². The van der Waals surface area contributed by atoms with Crippen LogP contribution in [-0.4, -0.2) is 19.3 Å². The van der Waals surface area contributed by atoms with E-state index in [0.29, 0.717) is 5.75 Å². The topological polar surface area (TPSA) is 38.7 Å². The lowest BCUT2D eigenvalue weighted by Gasteiger charge is -2.11. The molecule has 4 aromatic rings. The Balaban J connectivity index is 1.99. The predicted octanol–water partition coefficient (Wildman–Crippen LogP) is 5.36. The molecule has 1 aliphatic carbocycles. The van der Waals surface area contributed by atoms with Gasteiger partial charge in [0.15, 0.2) is 0 Å². The van der Waals surface area contributed by atoms with Crippen molar-refractivity contribution in [2.75, 3.05) is 14.2 Å². The van der Waals surface area contributed by atoms with Gasteiger partial charge in [-0.3, -0.25) is 0 Å². The number of ether oxygens (including phenoxy) is 2. The normalized spacial score (nSPS) is 11.8. The van der Waals surface area contributed by atoms with Crippen molar-refractivity contribution >= 4 is 21.5 Å². The first kappa shape index (κ1) is 14.2. The Hall–Kier alpha value is -3.20. The van der Waals surface area contributed by atoms with Crippen LogP contribution in [-0.2, 0) is 0 Å². The van der Waals surface area contributed by atoms with E-state index in [1.165, 1.54) is 11.1 Å². The number of hydrogen-bond acceptors (Lipinski definition) is 3. The summed E-state index contributed by atoms with van der Waals surface area (Å²) in [5, 5.41) is 14.5. The van der Waals surface area contributed by atoms with Gasteiger partial charge in [-0.15, -0.1) is 0 Å². The number of phenols is 1. The molecule has 0 amide bonds. The highest BCUT2D eigenvalue weighted by molar-refractivity contribution is 6.23. The fourth-order valence-corrected chi connectivity index (χ4v) is 4.07. The zero-order valence-electron chi connectivity index (χ0n) is 14.0. The maximum atomic E-state index is 10.4. The van der Waals surface area contributed by atoms with Gasteiger partial charge in [0.05, 0.1) is 19.6 Å². The molecule has 4 aromatic carbocycles. The summed E-state index contributed by atoms with van der Waals surface area (Å²) in [7, 11) is 3.33. The average molecular weight is 328 g/mol. The van der Waals surface area contributed by atoms with Gasteiger partial charge < -0.3 is 14.6 Å². The number of fused-ring (bicyclic) bond motifs is 5. The van der Waals surface area contributed by atoms with E-state index < -0.39 is 0 Å². The fraction of sp³-hybridized carbons (Fsp3) is 0.0909. The SMILES string of the molecule is COc1cccc2c3c(ccc12)-c1ccc(O)c2c(OC)ccc-3c12. The van der Waals surface area contributed by atoms with Crippen LogP contribution in [0.15, 0.2) is 54.6 Å². The highest BCUT2D eigenvalue weighted by Crippen LogP contribution is 2.54. The summed E-state index contributed by atoms with van der Waals surface area (Å²) in [5.41, 5.74) is 4.61. The molecule has 3 heteroatoms. The van der Waals surface area contributed by atoms with Crippen molar-refractivity contribution in [1.29, 1.82) is 0 Å². The van der Waals surface area contributed by atoms with Crippen molar-refractivity contribution < 1.29 is 14.6 Å². The van der Waals surface area contributed by atoms with Gasteiger partial charge in [0.2, 0.25) is 0 Å². The zero-order valence-corrected chi connectivity index (χ0v) is 14.0. The minimum Gasteiger partial charge on any atom is -0.507 e. The molecule has 0 aromatic heterocycles. The van der Waals surface area contributed by atoms with Crippen molar-refractivity contribution in [2.24, 2.45) is 0 Å². The van der Waals surface area contributed by atoms with E-state index >= 15 is 0 Å². The molecule has 0 atom stereocenters. The molecule has 1 N–H and O–H groups in total. The minimum atomic E-state index is 0.243. The molecule has 0 heterocycles. The summed E-state index contributed by atoms with van der Waals surface area (Å²) in [6, 6.07) is 18.1. The maximum Gasteiger partial charge on any atom is 0.130 e. The number of aromatic hydroxyl groups is 1. The second-order valence-electron chi connectivity index (χ2n) is 6.24. The quantitative estimate of drug-likeness (QED) is 0.474. The van der Waals surface area contributed by atoms with Gasteiger partial charge in [-0.05, 0) is 58.0 Å². The van der Waals surface area contributed by atoms with Gasteiger partial charge in [-0.1, -0.05) is 24.3 Å². The van der Waals surface area contributed by atoms with Gasteiger partial charge in [0, 0.05) is 10.8 Å². The molecule has 0 saturated heterocycles. The molecule has 0 fully saturated rings. The lowest BCUT2D eigenvalue weighted by Crippen LogP contribution is -1.87. The Kier molecular flexibility index (Phi) is 2.78. The number of benzene rings is 4. The van der Waals surface area contributed by atoms with Crippen molar-refractivity contribution in [3.05, 3.63) is 54.6 Å². The summed E-state index contributed by atoms with van der Waals surface area (Å²) in [6.45, 7) is 0. The van der Waals surface area contributed by atoms with E-state index in [2.05, 4.69) is 24.3 Å². The lowest BCUT2D eigenvalue weighted by molar-refractivity contribution is 0.416. The molecule has 0 saturated carbocycles. The van der Waals surface area contributed by atoms with Crippen molar-refractivity contribution in [2.45, 2.75) is 0 Å². The van der Waals surface area contributed by atoms with Gasteiger partial charge in [-0.2, -0.15) is 0 Å². The lowest BCUT2D eigenvalue weighted by atomic mass is 9.96. The van der Waals surface area contributed by atoms with E-state index in [-0.39, 0.29) is 5.75 Å². The first-order valence-electron chi connectivity index (χ1n) is 8.17. The third kappa shape index (κ3) is 1.70. The first-order chi connectivity index (χ1) is 12.2. The Bertz CT molecular complexity index is 1180. The van der Waals surface area contributed by atoms with Crippen LogP contribution in [0, 0.1) is 0 Å². The first-order valence-corrected chi connectivity index (χ1v) is 8.17. The largest absolute Gasteiger partial charge is 0.507 e. The van der Waals surface area contributed by atoms with Crippen LogP contribution in [0.5, 0.6) is 17.2 Å². The molecule has 0 radical (unpaired) electrons. The van der Waals surface area contributed by atoms with E-state index in [1.807, 2.05) is 24.3 Å². The molecule has 0 bridgehead atoms. The van der Waals surface area contributed by atoms with Crippen LogP contribution in [0.3, 0.4) is 0 Å². The second kappa shape index (κ2) is 4.90. The zero-order chi connectivity index (χ0) is 17.1. The average Bonchev–Trinajstić information content (AvgIpc) is 2.99.